The molecule has 0 unspecified atom stereocenters. The van der Waals surface area contributed by atoms with E-state index in [1.54, 1.807) is 6.08 Å². The van der Waals surface area contributed by atoms with Gasteiger partial charge in [-0.3, -0.25) is 9.59 Å². The summed E-state index contributed by atoms with van der Waals surface area (Å²) >= 11 is 0. The van der Waals surface area contributed by atoms with Gasteiger partial charge in [-0.25, -0.2) is 0 Å². The van der Waals surface area contributed by atoms with Crippen LogP contribution in [0.5, 0.6) is 0 Å². The van der Waals surface area contributed by atoms with E-state index in [4.69, 9.17) is 0 Å². The second-order valence-electron chi connectivity index (χ2n) is 9.20. The number of aliphatic hydroxyl groups excluding tert-OH is 1. The van der Waals surface area contributed by atoms with E-state index in [0.717, 1.165) is 18.4 Å². The number of rotatable bonds is 1. The van der Waals surface area contributed by atoms with Crippen molar-refractivity contribution >= 4 is 11.6 Å². The fourth-order valence-electron chi connectivity index (χ4n) is 6.71. The van der Waals surface area contributed by atoms with Crippen molar-refractivity contribution in [3.8, 4) is 0 Å². The predicted octanol–water partition coefficient (Wildman–Crippen LogP) is 2.59. The van der Waals surface area contributed by atoms with Gasteiger partial charge in [-0.15, -0.1) is 0 Å². The van der Waals surface area contributed by atoms with Gasteiger partial charge in [-0.05, 0) is 61.5 Å². The molecule has 0 spiro atoms. The highest BCUT2D eigenvalue weighted by Crippen LogP contribution is 2.66. The van der Waals surface area contributed by atoms with Crippen molar-refractivity contribution in [3.63, 3.8) is 0 Å². The van der Waals surface area contributed by atoms with Gasteiger partial charge in [-0.1, -0.05) is 26.0 Å². The van der Waals surface area contributed by atoms with Crippen molar-refractivity contribution in [2.75, 3.05) is 0 Å². The molecule has 4 rings (SSSR count). The Hall–Kier alpha value is -1.26. The summed E-state index contributed by atoms with van der Waals surface area (Å²) in [7, 11) is 0. The minimum absolute atomic E-state index is 0.0456. The van der Waals surface area contributed by atoms with Crippen LogP contribution in [0.4, 0.5) is 0 Å². The van der Waals surface area contributed by atoms with Gasteiger partial charge in [0.15, 0.2) is 11.6 Å². The second-order valence-corrected chi connectivity index (χ2v) is 9.20. The summed E-state index contributed by atoms with van der Waals surface area (Å²) in [5.74, 6) is 0.347. The molecule has 0 radical (unpaired) electrons. The van der Waals surface area contributed by atoms with E-state index in [1.165, 1.54) is 6.92 Å². The van der Waals surface area contributed by atoms with Crippen molar-refractivity contribution in [3.05, 3.63) is 23.8 Å². The topological polar surface area (TPSA) is 74.6 Å². The van der Waals surface area contributed by atoms with Crippen LogP contribution in [0.1, 0.15) is 52.9 Å². The molecule has 0 aromatic carbocycles. The molecule has 7 atom stereocenters. The van der Waals surface area contributed by atoms with E-state index in [9.17, 15) is 19.8 Å². The lowest BCUT2D eigenvalue weighted by molar-refractivity contribution is -0.170. The van der Waals surface area contributed by atoms with Crippen molar-refractivity contribution in [2.45, 2.75) is 64.6 Å². The Labute approximate surface area is 149 Å². The van der Waals surface area contributed by atoms with Gasteiger partial charge in [0, 0.05) is 17.8 Å². The molecular formula is C21H28O4. The molecule has 0 heterocycles. The summed E-state index contributed by atoms with van der Waals surface area (Å²) in [6.45, 7) is 5.62. The van der Waals surface area contributed by atoms with E-state index >= 15 is 0 Å². The number of fused-ring (bicyclic) bond motifs is 5. The van der Waals surface area contributed by atoms with Gasteiger partial charge in [-0.2, -0.15) is 0 Å². The van der Waals surface area contributed by atoms with Crippen molar-refractivity contribution in [1.82, 2.24) is 0 Å². The SMILES string of the molecule is CC(=O)[C@@]1(O)CC[C@H]2[C@@H]3C=CC4=CC(=O)CC[C@@]4(C)[C@@H]3[C@@H](O)C[C@@]21C. The molecule has 0 amide bonds. The summed E-state index contributed by atoms with van der Waals surface area (Å²) in [6, 6.07) is 0. The number of Topliss-reactive ketones (excluding diaryl/α,β-unsaturated/α-hetero) is 1. The minimum Gasteiger partial charge on any atom is -0.393 e. The van der Waals surface area contributed by atoms with Crippen LogP contribution in [0, 0.1) is 28.6 Å². The maximum Gasteiger partial charge on any atom is 0.161 e. The molecule has 0 bridgehead atoms. The predicted molar refractivity (Wildman–Crippen MR) is 93.6 cm³/mol. The molecule has 2 saturated carbocycles. The maximum absolute atomic E-state index is 12.2. The molecular weight excluding hydrogens is 316 g/mol. The van der Waals surface area contributed by atoms with E-state index in [2.05, 4.69) is 19.1 Å². The van der Waals surface area contributed by atoms with Crippen LogP contribution in [-0.4, -0.2) is 33.5 Å². The summed E-state index contributed by atoms with van der Waals surface area (Å²) in [4.78, 5) is 24.1. The first kappa shape index (κ1) is 17.2. The average Bonchev–Trinajstić information content (AvgIpc) is 2.80. The van der Waals surface area contributed by atoms with Gasteiger partial charge in [0.25, 0.3) is 0 Å². The normalized spacial score (nSPS) is 51.4. The molecule has 2 N–H and O–H groups in total. The Morgan fingerprint density at radius 3 is 2.68 bits per heavy atom. The number of carbonyl (C=O) groups is 2. The molecule has 0 aliphatic heterocycles. The van der Waals surface area contributed by atoms with E-state index in [1.807, 2.05) is 6.92 Å². The van der Waals surface area contributed by atoms with Gasteiger partial charge in [0.1, 0.15) is 5.60 Å². The summed E-state index contributed by atoms with van der Waals surface area (Å²) in [5, 5.41) is 22.3. The zero-order chi connectivity index (χ0) is 18.2. The quantitative estimate of drug-likeness (QED) is 0.767. The third-order valence-electron chi connectivity index (χ3n) is 8.19. The monoisotopic (exact) mass is 344 g/mol. The van der Waals surface area contributed by atoms with E-state index in [-0.39, 0.29) is 34.7 Å². The first-order valence-corrected chi connectivity index (χ1v) is 9.48. The fourth-order valence-corrected chi connectivity index (χ4v) is 6.71. The van der Waals surface area contributed by atoms with Crippen LogP contribution in [0.2, 0.25) is 0 Å². The van der Waals surface area contributed by atoms with Gasteiger partial charge >= 0.3 is 0 Å². The highest BCUT2D eigenvalue weighted by Gasteiger charge is 2.67. The van der Waals surface area contributed by atoms with Crippen LogP contribution >= 0.6 is 0 Å². The maximum atomic E-state index is 12.2. The Balaban J connectivity index is 1.80. The van der Waals surface area contributed by atoms with Crippen molar-refractivity contribution in [2.24, 2.45) is 28.6 Å². The minimum atomic E-state index is -1.34. The Bertz CT molecular complexity index is 707. The Morgan fingerprint density at radius 2 is 2.00 bits per heavy atom. The molecule has 0 saturated heterocycles. The van der Waals surface area contributed by atoms with Crippen LogP contribution in [0.25, 0.3) is 0 Å². The van der Waals surface area contributed by atoms with Gasteiger partial charge in [0.2, 0.25) is 0 Å². The van der Waals surface area contributed by atoms with Crippen LogP contribution < -0.4 is 0 Å². The average molecular weight is 344 g/mol. The summed E-state index contributed by atoms with van der Waals surface area (Å²) < 4.78 is 0. The second kappa shape index (κ2) is 5.14. The van der Waals surface area contributed by atoms with Crippen LogP contribution in [-0.2, 0) is 9.59 Å². The molecule has 4 aliphatic rings. The molecule has 2 fully saturated rings. The zero-order valence-corrected chi connectivity index (χ0v) is 15.3. The number of allylic oxidation sites excluding steroid dienone is 4. The van der Waals surface area contributed by atoms with Crippen molar-refractivity contribution in [1.29, 1.82) is 0 Å². The van der Waals surface area contributed by atoms with E-state index in [0.29, 0.717) is 19.3 Å². The lowest BCUT2D eigenvalue weighted by Crippen LogP contribution is -2.60. The molecule has 0 aromatic rings. The third kappa shape index (κ3) is 2.01. The molecule has 4 aliphatic carbocycles. The standard InChI is InChI=1S/C21H28O4/c1-12(22)21(25)9-7-16-15-5-4-13-10-14(23)6-8-19(13,2)18(15)17(24)11-20(16,21)3/h4-5,10,15-18,24-25H,6-9,11H2,1-3H3/t15-,16-,17-,18-,19+,20-,21-/m0/s1. The number of hydrogen-bond acceptors (Lipinski definition) is 4. The number of aliphatic hydroxyl groups is 2. The first-order valence-electron chi connectivity index (χ1n) is 9.48. The molecule has 4 nitrogen and oxygen atoms in total. The molecule has 136 valence electrons. The van der Waals surface area contributed by atoms with Crippen LogP contribution in [0.15, 0.2) is 23.8 Å². The fraction of sp³-hybridized carbons (Fsp3) is 0.714. The molecule has 4 heteroatoms. The summed E-state index contributed by atoms with van der Waals surface area (Å²) in [5.41, 5.74) is -1.10. The highest BCUT2D eigenvalue weighted by molar-refractivity contribution is 5.92. The lowest BCUT2D eigenvalue weighted by Gasteiger charge is -2.58. The smallest absolute Gasteiger partial charge is 0.161 e. The Morgan fingerprint density at radius 1 is 1.28 bits per heavy atom. The number of ketones is 2. The van der Waals surface area contributed by atoms with Crippen molar-refractivity contribution < 1.29 is 19.8 Å². The summed E-state index contributed by atoms with van der Waals surface area (Å²) in [6.07, 6.45) is 8.38. The van der Waals surface area contributed by atoms with Crippen LogP contribution in [0.3, 0.4) is 0 Å². The zero-order valence-electron chi connectivity index (χ0n) is 15.3. The highest BCUT2D eigenvalue weighted by atomic mass is 16.3. The van der Waals surface area contributed by atoms with Gasteiger partial charge < -0.3 is 10.2 Å². The first-order chi connectivity index (χ1) is 11.6. The number of carbonyl (C=O) groups excluding carboxylic acids is 2. The lowest BCUT2D eigenvalue weighted by atomic mass is 9.47. The van der Waals surface area contributed by atoms with Gasteiger partial charge in [0.05, 0.1) is 6.10 Å². The molecule has 0 aromatic heterocycles. The Kier molecular flexibility index (Phi) is 3.53. The third-order valence-corrected chi connectivity index (χ3v) is 8.19. The molecule has 25 heavy (non-hydrogen) atoms. The largest absolute Gasteiger partial charge is 0.393 e. The number of hydrogen-bond donors (Lipinski definition) is 2. The van der Waals surface area contributed by atoms with E-state index < -0.39 is 17.1 Å².